The molecule has 2 heterocycles. The Hall–Kier alpha value is -0.710. The van der Waals surface area contributed by atoms with Gasteiger partial charge in [-0.25, -0.2) is 4.99 Å². The van der Waals surface area contributed by atoms with Gasteiger partial charge in [0.25, 0.3) is 6.02 Å². The zero-order valence-electron chi connectivity index (χ0n) is 10.0. The Balaban J connectivity index is 1.82. The molecule has 1 saturated carbocycles. The van der Waals surface area contributed by atoms with Gasteiger partial charge in [-0.1, -0.05) is 12.8 Å². The number of hydrogen-bond acceptors (Lipinski definition) is 4. The Morgan fingerprint density at radius 3 is 3.12 bits per heavy atom. The second-order valence-electron chi connectivity index (χ2n) is 4.90. The smallest absolute Gasteiger partial charge is 0.292 e. The largest absolute Gasteiger partial charge is 0.465 e. The van der Waals surface area contributed by atoms with Crippen LogP contribution in [0.1, 0.15) is 32.6 Å². The topological polar surface area (TPSA) is 50.7 Å². The van der Waals surface area contributed by atoms with Gasteiger partial charge in [-0.15, -0.1) is 11.8 Å². The highest BCUT2D eigenvalue weighted by Crippen LogP contribution is 2.51. The fourth-order valence-corrected chi connectivity index (χ4v) is 4.98. The van der Waals surface area contributed by atoms with E-state index in [0.29, 0.717) is 23.8 Å². The van der Waals surface area contributed by atoms with Crippen molar-refractivity contribution in [2.24, 2.45) is 16.8 Å². The molecule has 17 heavy (non-hydrogen) atoms. The maximum absolute atomic E-state index is 12.1. The quantitative estimate of drug-likeness (QED) is 0.775. The summed E-state index contributed by atoms with van der Waals surface area (Å²) >= 11 is 1.88. The van der Waals surface area contributed by atoms with E-state index in [0.717, 1.165) is 0 Å². The normalized spacial score (nSPS) is 40.1. The van der Waals surface area contributed by atoms with Crippen LogP contribution in [0.15, 0.2) is 4.99 Å². The monoisotopic (exact) mass is 254 g/mol. The van der Waals surface area contributed by atoms with Gasteiger partial charge in [0, 0.05) is 5.25 Å². The number of carbonyl (C=O) groups is 1. The van der Waals surface area contributed by atoms with Gasteiger partial charge in [-0.2, -0.15) is 0 Å². The summed E-state index contributed by atoms with van der Waals surface area (Å²) in [5, 5.41) is 3.53. The molecule has 0 radical (unpaired) electrons. The Kier molecular flexibility index (Phi) is 3.03. The molecule has 1 amide bonds. The maximum Gasteiger partial charge on any atom is 0.292 e. The van der Waals surface area contributed by atoms with Crippen molar-refractivity contribution in [2.45, 2.75) is 43.2 Å². The molecular weight excluding hydrogens is 236 g/mol. The summed E-state index contributed by atoms with van der Waals surface area (Å²) in [6.45, 7) is 2.45. The Labute approximate surface area is 106 Å². The number of ether oxygens (including phenoxy) is 1. The van der Waals surface area contributed by atoms with Crippen LogP contribution in [0.3, 0.4) is 0 Å². The molecule has 3 aliphatic rings. The molecule has 4 atom stereocenters. The van der Waals surface area contributed by atoms with Crippen LogP contribution in [0, 0.1) is 11.8 Å². The van der Waals surface area contributed by atoms with E-state index in [-0.39, 0.29) is 17.2 Å². The molecule has 1 aliphatic carbocycles. The number of thioether (sulfide) groups is 1. The number of rotatable bonds is 1. The van der Waals surface area contributed by atoms with Crippen LogP contribution in [0.25, 0.3) is 0 Å². The van der Waals surface area contributed by atoms with Gasteiger partial charge in [0.2, 0.25) is 5.91 Å². The first-order valence-electron chi connectivity index (χ1n) is 6.46. The van der Waals surface area contributed by atoms with E-state index in [2.05, 4.69) is 10.3 Å². The van der Waals surface area contributed by atoms with E-state index >= 15 is 0 Å². The molecule has 2 fully saturated rings. The number of amidine groups is 1. The summed E-state index contributed by atoms with van der Waals surface area (Å²) in [6.07, 6.45) is 5.00. The molecule has 94 valence electrons. The Bertz CT molecular complexity index is 358. The lowest BCUT2D eigenvalue weighted by Crippen LogP contribution is -2.47. The summed E-state index contributed by atoms with van der Waals surface area (Å²) in [4.78, 5) is 16.7. The van der Waals surface area contributed by atoms with Crippen molar-refractivity contribution in [3.63, 3.8) is 0 Å². The third kappa shape index (κ3) is 1.94. The van der Waals surface area contributed by atoms with Crippen LogP contribution in [0.4, 0.5) is 0 Å². The van der Waals surface area contributed by atoms with E-state index in [4.69, 9.17) is 4.74 Å². The van der Waals surface area contributed by atoms with Crippen molar-refractivity contribution in [1.29, 1.82) is 0 Å². The average Bonchev–Trinajstić information content (AvgIpc) is 2.67. The Morgan fingerprint density at radius 1 is 1.47 bits per heavy atom. The molecule has 2 aliphatic heterocycles. The summed E-state index contributed by atoms with van der Waals surface area (Å²) < 4.78 is 5.32. The van der Waals surface area contributed by atoms with Crippen LogP contribution in [0.2, 0.25) is 0 Å². The highest BCUT2D eigenvalue weighted by molar-refractivity contribution is 8.00. The number of fused-ring (bicyclic) bond motifs is 3. The van der Waals surface area contributed by atoms with Crippen molar-refractivity contribution < 1.29 is 9.53 Å². The third-order valence-corrected chi connectivity index (χ3v) is 5.51. The van der Waals surface area contributed by atoms with Crippen LogP contribution >= 0.6 is 11.8 Å². The van der Waals surface area contributed by atoms with E-state index in [1.165, 1.54) is 25.7 Å². The molecule has 0 bridgehead atoms. The van der Waals surface area contributed by atoms with Gasteiger partial charge in [0.05, 0.1) is 12.5 Å². The first-order valence-corrected chi connectivity index (χ1v) is 7.41. The minimum atomic E-state index is 0.0782. The molecule has 0 aromatic rings. The first-order chi connectivity index (χ1) is 8.29. The predicted octanol–water partition coefficient (Wildman–Crippen LogP) is 1.76. The van der Waals surface area contributed by atoms with Crippen molar-refractivity contribution in [3.8, 4) is 0 Å². The van der Waals surface area contributed by atoms with Crippen LogP contribution < -0.4 is 5.32 Å². The number of nitrogens with zero attached hydrogens (tertiary/aromatic N) is 1. The lowest BCUT2D eigenvalue weighted by molar-refractivity contribution is -0.126. The van der Waals surface area contributed by atoms with E-state index in [1.54, 1.807) is 0 Å². The first kappa shape index (κ1) is 11.4. The van der Waals surface area contributed by atoms with E-state index in [1.807, 2.05) is 18.7 Å². The van der Waals surface area contributed by atoms with Crippen molar-refractivity contribution in [3.05, 3.63) is 0 Å². The molecule has 4 nitrogen and oxygen atoms in total. The highest BCUT2D eigenvalue weighted by atomic mass is 32.2. The summed E-state index contributed by atoms with van der Waals surface area (Å²) in [6, 6.07) is 0.421. The van der Waals surface area contributed by atoms with Crippen LogP contribution in [0.5, 0.6) is 0 Å². The zero-order valence-corrected chi connectivity index (χ0v) is 10.8. The van der Waals surface area contributed by atoms with Gasteiger partial charge in [0.15, 0.2) is 0 Å². The van der Waals surface area contributed by atoms with Crippen molar-refractivity contribution in [2.75, 3.05) is 6.61 Å². The molecule has 0 aromatic heterocycles. The zero-order chi connectivity index (χ0) is 11.8. The number of aliphatic imine (C=N–C) groups is 1. The van der Waals surface area contributed by atoms with Gasteiger partial charge in [-0.3, -0.25) is 10.1 Å². The molecule has 1 saturated heterocycles. The SMILES string of the molecule is CCOC1=N[C@H]2S[C@H]3CCCC[C@H]3[C@H]2C(=O)N1. The molecular formula is C12H18N2O2S. The third-order valence-electron chi connectivity index (χ3n) is 3.89. The molecule has 0 aromatic carbocycles. The molecule has 0 unspecified atom stereocenters. The standard InChI is InChI=1S/C12H18N2O2S/c1-2-16-12-13-10(15)9-7-5-3-4-6-8(7)17-11(9)14-12/h7-9,11H,2-6H2,1H3,(H,13,14,15)/t7-,8+,9+,11+/m1/s1. The van der Waals surface area contributed by atoms with Gasteiger partial charge in [-0.05, 0) is 25.7 Å². The minimum Gasteiger partial charge on any atom is -0.465 e. The maximum atomic E-state index is 12.1. The molecule has 3 rings (SSSR count). The van der Waals surface area contributed by atoms with Crippen LogP contribution in [-0.2, 0) is 9.53 Å². The summed E-state index contributed by atoms with van der Waals surface area (Å²) in [7, 11) is 0. The average molecular weight is 254 g/mol. The van der Waals surface area contributed by atoms with Gasteiger partial charge >= 0.3 is 0 Å². The highest BCUT2D eigenvalue weighted by Gasteiger charge is 2.50. The van der Waals surface area contributed by atoms with Crippen molar-refractivity contribution in [1.82, 2.24) is 5.32 Å². The van der Waals surface area contributed by atoms with Gasteiger partial charge < -0.3 is 4.74 Å². The van der Waals surface area contributed by atoms with Crippen molar-refractivity contribution >= 4 is 23.7 Å². The fraction of sp³-hybridized carbons (Fsp3) is 0.833. The van der Waals surface area contributed by atoms with E-state index in [9.17, 15) is 4.79 Å². The number of carbonyl (C=O) groups excluding carboxylic acids is 1. The lowest BCUT2D eigenvalue weighted by Gasteiger charge is -2.29. The van der Waals surface area contributed by atoms with Crippen LogP contribution in [-0.4, -0.2) is 29.2 Å². The molecule has 0 spiro atoms. The van der Waals surface area contributed by atoms with Gasteiger partial charge in [0.1, 0.15) is 5.37 Å². The number of hydrogen-bond donors (Lipinski definition) is 1. The minimum absolute atomic E-state index is 0.0782. The number of amides is 1. The predicted molar refractivity (Wildman–Crippen MR) is 67.8 cm³/mol. The summed E-state index contributed by atoms with van der Waals surface area (Å²) in [5.41, 5.74) is 0. The second kappa shape index (κ2) is 4.52. The Morgan fingerprint density at radius 2 is 2.29 bits per heavy atom. The molecule has 5 heteroatoms. The second-order valence-corrected chi connectivity index (χ2v) is 6.26. The fourth-order valence-electron chi connectivity index (χ4n) is 3.16. The lowest BCUT2D eigenvalue weighted by atomic mass is 9.79. The number of nitrogens with one attached hydrogen (secondary N) is 1. The van der Waals surface area contributed by atoms with E-state index < -0.39 is 0 Å². The summed E-state index contributed by atoms with van der Waals surface area (Å²) in [5.74, 6) is 0.732. The molecule has 1 N–H and O–H groups in total.